The van der Waals surface area contributed by atoms with Crippen LogP contribution in [0.15, 0.2) is 16.9 Å². The van der Waals surface area contributed by atoms with Crippen molar-refractivity contribution >= 4 is 0 Å². The van der Waals surface area contributed by atoms with Crippen molar-refractivity contribution in [2.24, 2.45) is 11.8 Å². The standard InChI is InChI=1S/C12H16O2/c1-8-6-14-7-11(8)12(13,9-2-3-9)10-4-5-10/h6-7,9-10,13H,2-5H2,1H3. The molecule has 2 nitrogen and oxygen atoms in total. The number of hydrogen-bond acceptors (Lipinski definition) is 2. The second-order valence-corrected chi connectivity index (χ2v) is 4.84. The first kappa shape index (κ1) is 8.54. The first-order chi connectivity index (χ1) is 6.73. The molecule has 0 amide bonds. The normalized spacial score (nSPS) is 22.7. The smallest absolute Gasteiger partial charge is 0.0985 e. The van der Waals surface area contributed by atoms with E-state index in [1.54, 1.807) is 12.5 Å². The molecular weight excluding hydrogens is 176 g/mol. The molecule has 0 aliphatic heterocycles. The third-order valence-corrected chi connectivity index (χ3v) is 3.69. The van der Waals surface area contributed by atoms with E-state index < -0.39 is 5.60 Å². The van der Waals surface area contributed by atoms with E-state index in [0.29, 0.717) is 11.8 Å². The Bertz CT molecular complexity index is 333. The lowest BCUT2D eigenvalue weighted by Gasteiger charge is -2.28. The van der Waals surface area contributed by atoms with Crippen LogP contribution in [-0.2, 0) is 5.60 Å². The van der Waals surface area contributed by atoms with Gasteiger partial charge in [0.1, 0.15) is 0 Å². The number of aliphatic hydroxyl groups is 1. The van der Waals surface area contributed by atoms with Crippen molar-refractivity contribution in [3.63, 3.8) is 0 Å². The van der Waals surface area contributed by atoms with Gasteiger partial charge in [-0.05, 0) is 50.0 Å². The van der Waals surface area contributed by atoms with Gasteiger partial charge in [-0.2, -0.15) is 0 Å². The summed E-state index contributed by atoms with van der Waals surface area (Å²) in [5.41, 5.74) is 1.59. The molecular formula is C12H16O2. The van der Waals surface area contributed by atoms with Gasteiger partial charge in [0.15, 0.2) is 0 Å². The van der Waals surface area contributed by atoms with E-state index >= 15 is 0 Å². The molecule has 2 aliphatic carbocycles. The van der Waals surface area contributed by atoms with E-state index in [1.807, 2.05) is 6.92 Å². The quantitative estimate of drug-likeness (QED) is 0.798. The zero-order valence-corrected chi connectivity index (χ0v) is 8.49. The van der Waals surface area contributed by atoms with Crippen LogP contribution < -0.4 is 0 Å². The van der Waals surface area contributed by atoms with E-state index in [-0.39, 0.29) is 0 Å². The van der Waals surface area contributed by atoms with Gasteiger partial charge in [0.25, 0.3) is 0 Å². The molecule has 1 heterocycles. The Labute approximate surface area is 83.9 Å². The Kier molecular flexibility index (Phi) is 1.61. The molecule has 0 spiro atoms. The maximum absolute atomic E-state index is 10.8. The summed E-state index contributed by atoms with van der Waals surface area (Å²) in [6, 6.07) is 0. The fourth-order valence-electron chi connectivity index (χ4n) is 2.59. The Morgan fingerprint density at radius 2 is 1.79 bits per heavy atom. The van der Waals surface area contributed by atoms with Crippen LogP contribution in [0, 0.1) is 18.8 Å². The van der Waals surface area contributed by atoms with Gasteiger partial charge in [-0.15, -0.1) is 0 Å². The van der Waals surface area contributed by atoms with E-state index in [9.17, 15) is 5.11 Å². The molecule has 1 aromatic heterocycles. The summed E-state index contributed by atoms with van der Waals surface area (Å²) in [6.45, 7) is 2.02. The van der Waals surface area contributed by atoms with Gasteiger partial charge in [0, 0.05) is 5.56 Å². The predicted octanol–water partition coefficient (Wildman–Crippen LogP) is 2.60. The molecule has 0 radical (unpaired) electrons. The van der Waals surface area contributed by atoms with Crippen molar-refractivity contribution in [1.29, 1.82) is 0 Å². The Balaban J connectivity index is 2.02. The highest BCUT2D eigenvalue weighted by molar-refractivity contribution is 5.31. The average molecular weight is 192 g/mol. The summed E-state index contributed by atoms with van der Waals surface area (Å²) < 4.78 is 5.19. The third kappa shape index (κ3) is 1.07. The SMILES string of the molecule is Cc1cocc1C(O)(C1CC1)C1CC1. The van der Waals surface area contributed by atoms with Crippen LogP contribution in [0.1, 0.15) is 36.8 Å². The minimum Gasteiger partial charge on any atom is -0.472 e. The number of rotatable bonds is 3. The first-order valence-corrected chi connectivity index (χ1v) is 5.48. The second-order valence-electron chi connectivity index (χ2n) is 4.84. The van der Waals surface area contributed by atoms with Crippen LogP contribution in [0.25, 0.3) is 0 Å². The average Bonchev–Trinajstić information content (AvgIpc) is 3.00. The number of hydrogen-bond donors (Lipinski definition) is 1. The van der Waals surface area contributed by atoms with Crippen molar-refractivity contribution in [3.8, 4) is 0 Å². The van der Waals surface area contributed by atoms with Crippen molar-refractivity contribution in [2.75, 3.05) is 0 Å². The second kappa shape index (κ2) is 2.63. The highest BCUT2D eigenvalue weighted by atomic mass is 16.3. The van der Waals surface area contributed by atoms with Crippen molar-refractivity contribution in [1.82, 2.24) is 0 Å². The minimum atomic E-state index is -0.558. The van der Waals surface area contributed by atoms with Crippen molar-refractivity contribution in [3.05, 3.63) is 23.7 Å². The highest BCUT2D eigenvalue weighted by Crippen LogP contribution is 2.57. The zero-order valence-electron chi connectivity index (χ0n) is 8.49. The maximum Gasteiger partial charge on any atom is 0.0985 e. The predicted molar refractivity (Wildman–Crippen MR) is 52.8 cm³/mol. The van der Waals surface area contributed by atoms with Gasteiger partial charge >= 0.3 is 0 Å². The monoisotopic (exact) mass is 192 g/mol. The third-order valence-electron chi connectivity index (χ3n) is 3.69. The summed E-state index contributed by atoms with van der Waals surface area (Å²) >= 11 is 0. The largest absolute Gasteiger partial charge is 0.472 e. The molecule has 0 unspecified atom stereocenters. The summed E-state index contributed by atoms with van der Waals surface area (Å²) in [4.78, 5) is 0. The lowest BCUT2D eigenvalue weighted by molar-refractivity contribution is -0.0112. The molecule has 1 aromatic rings. The molecule has 76 valence electrons. The number of aryl methyl sites for hydroxylation is 1. The van der Waals surface area contributed by atoms with E-state index in [0.717, 1.165) is 11.1 Å². The Morgan fingerprint density at radius 1 is 1.21 bits per heavy atom. The van der Waals surface area contributed by atoms with Gasteiger partial charge in [0.2, 0.25) is 0 Å². The molecule has 2 saturated carbocycles. The molecule has 0 aromatic carbocycles. The molecule has 0 atom stereocenters. The van der Waals surface area contributed by atoms with Crippen LogP contribution in [0.5, 0.6) is 0 Å². The van der Waals surface area contributed by atoms with Crippen molar-refractivity contribution < 1.29 is 9.52 Å². The molecule has 2 aliphatic rings. The topological polar surface area (TPSA) is 33.4 Å². The van der Waals surface area contributed by atoms with E-state index in [2.05, 4.69) is 0 Å². The Hall–Kier alpha value is -0.760. The summed E-state index contributed by atoms with van der Waals surface area (Å²) in [6.07, 6.45) is 8.20. The maximum atomic E-state index is 10.8. The summed E-state index contributed by atoms with van der Waals surface area (Å²) in [5.74, 6) is 0.984. The summed E-state index contributed by atoms with van der Waals surface area (Å²) in [5, 5.41) is 10.8. The van der Waals surface area contributed by atoms with Crippen molar-refractivity contribution in [2.45, 2.75) is 38.2 Å². The molecule has 0 bridgehead atoms. The van der Waals surface area contributed by atoms with Crippen LogP contribution in [0.2, 0.25) is 0 Å². The number of furan rings is 1. The zero-order chi connectivity index (χ0) is 9.76. The van der Waals surface area contributed by atoms with Gasteiger partial charge < -0.3 is 9.52 Å². The van der Waals surface area contributed by atoms with E-state index in [1.165, 1.54) is 25.7 Å². The highest BCUT2D eigenvalue weighted by Gasteiger charge is 2.55. The molecule has 1 N–H and O–H groups in total. The molecule has 2 fully saturated rings. The lowest BCUT2D eigenvalue weighted by Crippen LogP contribution is -2.31. The van der Waals surface area contributed by atoms with Crippen LogP contribution in [0.4, 0.5) is 0 Å². The molecule has 14 heavy (non-hydrogen) atoms. The van der Waals surface area contributed by atoms with Gasteiger partial charge in [-0.25, -0.2) is 0 Å². The van der Waals surface area contributed by atoms with E-state index in [4.69, 9.17) is 4.42 Å². The van der Waals surface area contributed by atoms with Crippen LogP contribution >= 0.6 is 0 Å². The fourth-order valence-corrected chi connectivity index (χ4v) is 2.59. The fraction of sp³-hybridized carbons (Fsp3) is 0.667. The first-order valence-electron chi connectivity index (χ1n) is 5.48. The molecule has 3 rings (SSSR count). The molecule has 2 heteroatoms. The van der Waals surface area contributed by atoms with Gasteiger partial charge in [0.05, 0.1) is 18.1 Å². The van der Waals surface area contributed by atoms with Gasteiger partial charge in [-0.3, -0.25) is 0 Å². The lowest BCUT2D eigenvalue weighted by atomic mass is 9.84. The van der Waals surface area contributed by atoms with Gasteiger partial charge in [-0.1, -0.05) is 0 Å². The summed E-state index contributed by atoms with van der Waals surface area (Å²) in [7, 11) is 0. The molecule has 0 saturated heterocycles. The minimum absolute atomic E-state index is 0.492. The Morgan fingerprint density at radius 3 is 2.14 bits per heavy atom. The van der Waals surface area contributed by atoms with Crippen LogP contribution in [0.3, 0.4) is 0 Å². The van der Waals surface area contributed by atoms with Crippen LogP contribution in [-0.4, -0.2) is 5.11 Å².